The van der Waals surface area contributed by atoms with Gasteiger partial charge < -0.3 is 10.2 Å². The summed E-state index contributed by atoms with van der Waals surface area (Å²) in [6.45, 7) is 0.980. The predicted molar refractivity (Wildman–Crippen MR) is 85.5 cm³/mol. The van der Waals surface area contributed by atoms with Crippen molar-refractivity contribution < 1.29 is 18.0 Å². The van der Waals surface area contributed by atoms with Crippen LogP contribution in [-0.2, 0) is 14.8 Å². The van der Waals surface area contributed by atoms with Gasteiger partial charge in [0.25, 0.3) is 5.91 Å². The highest BCUT2D eigenvalue weighted by Crippen LogP contribution is 2.21. The van der Waals surface area contributed by atoms with Crippen LogP contribution in [0.1, 0.15) is 23.2 Å². The molecule has 0 aromatic heterocycles. The Kier molecular flexibility index (Phi) is 5.38. The zero-order valence-corrected chi connectivity index (χ0v) is 14.1. The monoisotopic (exact) mass is 339 g/mol. The van der Waals surface area contributed by atoms with Crippen molar-refractivity contribution in [1.29, 1.82) is 0 Å². The van der Waals surface area contributed by atoms with E-state index in [1.807, 2.05) is 0 Å². The van der Waals surface area contributed by atoms with Crippen molar-refractivity contribution in [3.8, 4) is 0 Å². The van der Waals surface area contributed by atoms with Crippen molar-refractivity contribution in [3.05, 3.63) is 29.8 Å². The van der Waals surface area contributed by atoms with Crippen LogP contribution in [0, 0.1) is 0 Å². The van der Waals surface area contributed by atoms with Crippen molar-refractivity contribution in [2.75, 3.05) is 33.7 Å². The second-order valence-corrected chi connectivity index (χ2v) is 7.54. The van der Waals surface area contributed by atoms with Crippen LogP contribution in [0.5, 0.6) is 0 Å². The van der Waals surface area contributed by atoms with E-state index < -0.39 is 15.9 Å². The molecule has 1 aliphatic rings. The van der Waals surface area contributed by atoms with Gasteiger partial charge in [-0.25, -0.2) is 8.42 Å². The molecule has 1 aromatic rings. The average molecular weight is 339 g/mol. The maximum atomic E-state index is 12.4. The molecule has 23 heavy (non-hydrogen) atoms. The standard InChI is InChI=1S/C15H21N3O4S/c1-17(2)14(19)11-16-15(20)12-5-7-13(8-6-12)23(21,22)18-9-3-4-10-18/h5-8H,3-4,9-11H2,1-2H3,(H,16,20). The number of rotatable bonds is 5. The normalized spacial score (nSPS) is 15.4. The van der Waals surface area contributed by atoms with Crippen LogP contribution in [0.3, 0.4) is 0 Å². The van der Waals surface area contributed by atoms with E-state index in [9.17, 15) is 18.0 Å². The van der Waals surface area contributed by atoms with Crippen LogP contribution < -0.4 is 5.32 Å². The fraction of sp³-hybridized carbons (Fsp3) is 0.467. The summed E-state index contributed by atoms with van der Waals surface area (Å²) in [6, 6.07) is 5.77. The van der Waals surface area contributed by atoms with Gasteiger partial charge in [-0.1, -0.05) is 0 Å². The number of nitrogens with zero attached hydrogens (tertiary/aromatic N) is 2. The fourth-order valence-electron chi connectivity index (χ4n) is 2.27. The van der Waals surface area contributed by atoms with Crippen molar-refractivity contribution in [1.82, 2.24) is 14.5 Å². The van der Waals surface area contributed by atoms with E-state index in [-0.39, 0.29) is 17.3 Å². The first-order valence-corrected chi connectivity index (χ1v) is 8.85. The number of amides is 2. The van der Waals surface area contributed by atoms with Gasteiger partial charge in [0.1, 0.15) is 0 Å². The molecule has 0 saturated carbocycles. The van der Waals surface area contributed by atoms with Gasteiger partial charge in [-0.05, 0) is 37.1 Å². The van der Waals surface area contributed by atoms with Crippen LogP contribution in [0.2, 0.25) is 0 Å². The Hall–Kier alpha value is -1.93. The molecule has 1 heterocycles. The highest BCUT2D eigenvalue weighted by molar-refractivity contribution is 7.89. The van der Waals surface area contributed by atoms with E-state index >= 15 is 0 Å². The smallest absolute Gasteiger partial charge is 0.251 e. The van der Waals surface area contributed by atoms with Crippen LogP contribution >= 0.6 is 0 Å². The molecule has 2 rings (SSSR count). The van der Waals surface area contributed by atoms with E-state index in [0.717, 1.165) is 12.8 Å². The Morgan fingerprint density at radius 3 is 2.22 bits per heavy atom. The van der Waals surface area contributed by atoms with Gasteiger partial charge >= 0.3 is 0 Å². The highest BCUT2D eigenvalue weighted by Gasteiger charge is 2.27. The lowest BCUT2D eigenvalue weighted by atomic mass is 10.2. The van der Waals surface area contributed by atoms with E-state index in [4.69, 9.17) is 0 Å². The third kappa shape index (κ3) is 4.08. The fourth-order valence-corrected chi connectivity index (χ4v) is 3.79. The minimum absolute atomic E-state index is 0.0976. The second kappa shape index (κ2) is 7.10. The number of hydrogen-bond acceptors (Lipinski definition) is 4. The molecule has 0 spiro atoms. The van der Waals surface area contributed by atoms with Gasteiger partial charge in [0.15, 0.2) is 0 Å². The zero-order chi connectivity index (χ0) is 17.0. The first kappa shape index (κ1) is 17.4. The molecule has 7 nitrogen and oxygen atoms in total. The molecule has 1 saturated heterocycles. The lowest BCUT2D eigenvalue weighted by Gasteiger charge is -2.15. The molecule has 126 valence electrons. The van der Waals surface area contributed by atoms with Crippen LogP contribution in [0.25, 0.3) is 0 Å². The topological polar surface area (TPSA) is 86.8 Å². The van der Waals surface area contributed by atoms with Crippen molar-refractivity contribution in [3.63, 3.8) is 0 Å². The number of likely N-dealkylation sites (N-methyl/N-ethyl adjacent to an activating group) is 1. The summed E-state index contributed by atoms with van der Waals surface area (Å²) in [5, 5.41) is 2.50. The Bertz CT molecular complexity index is 677. The molecule has 1 aromatic carbocycles. The van der Waals surface area contributed by atoms with Crippen molar-refractivity contribution >= 4 is 21.8 Å². The largest absolute Gasteiger partial charge is 0.347 e. The Morgan fingerprint density at radius 1 is 1.13 bits per heavy atom. The lowest BCUT2D eigenvalue weighted by Crippen LogP contribution is -2.36. The molecule has 0 bridgehead atoms. The number of benzene rings is 1. The molecule has 2 amide bonds. The van der Waals surface area contributed by atoms with Crippen LogP contribution in [-0.4, -0.2) is 63.2 Å². The number of carbonyl (C=O) groups excluding carboxylic acids is 2. The molecule has 1 fully saturated rings. The number of nitrogens with one attached hydrogen (secondary N) is 1. The van der Waals surface area contributed by atoms with Gasteiger partial charge in [0.2, 0.25) is 15.9 Å². The second-order valence-electron chi connectivity index (χ2n) is 5.61. The molecule has 1 N–H and O–H groups in total. The summed E-state index contributed by atoms with van der Waals surface area (Å²) in [5.74, 6) is -0.628. The Morgan fingerprint density at radius 2 is 1.70 bits per heavy atom. The molecule has 1 aliphatic heterocycles. The van der Waals surface area contributed by atoms with E-state index in [2.05, 4.69) is 5.32 Å². The summed E-state index contributed by atoms with van der Waals surface area (Å²) in [4.78, 5) is 24.9. The lowest BCUT2D eigenvalue weighted by molar-refractivity contribution is -0.127. The quantitative estimate of drug-likeness (QED) is 0.835. The number of hydrogen-bond donors (Lipinski definition) is 1. The molecule has 0 radical (unpaired) electrons. The molecular weight excluding hydrogens is 318 g/mol. The minimum atomic E-state index is -3.48. The number of sulfonamides is 1. The molecule has 0 atom stereocenters. The van der Waals surface area contributed by atoms with E-state index in [1.165, 1.54) is 33.5 Å². The summed E-state index contributed by atoms with van der Waals surface area (Å²) in [7, 11) is -0.270. The maximum absolute atomic E-state index is 12.4. The van der Waals surface area contributed by atoms with Gasteiger partial charge in [-0.15, -0.1) is 0 Å². The third-order valence-corrected chi connectivity index (χ3v) is 5.63. The Balaban J connectivity index is 2.04. The minimum Gasteiger partial charge on any atom is -0.347 e. The predicted octanol–water partition coefficient (Wildman–Crippen LogP) is 0.289. The molecule has 8 heteroatoms. The Labute approximate surface area is 136 Å². The SMILES string of the molecule is CN(C)C(=O)CNC(=O)c1ccc(S(=O)(=O)N2CCCC2)cc1. The van der Waals surface area contributed by atoms with Crippen molar-refractivity contribution in [2.24, 2.45) is 0 Å². The summed E-state index contributed by atoms with van der Waals surface area (Å²) < 4.78 is 26.2. The highest BCUT2D eigenvalue weighted by atomic mass is 32.2. The van der Waals surface area contributed by atoms with Crippen molar-refractivity contribution in [2.45, 2.75) is 17.7 Å². The van der Waals surface area contributed by atoms with E-state index in [0.29, 0.717) is 18.7 Å². The van der Waals surface area contributed by atoms with Gasteiger partial charge in [-0.2, -0.15) is 4.31 Å². The summed E-state index contributed by atoms with van der Waals surface area (Å²) in [6.07, 6.45) is 1.75. The molecular formula is C15H21N3O4S. The zero-order valence-electron chi connectivity index (χ0n) is 13.3. The van der Waals surface area contributed by atoms with Gasteiger partial charge in [0.05, 0.1) is 11.4 Å². The van der Waals surface area contributed by atoms with Crippen LogP contribution in [0.15, 0.2) is 29.2 Å². The van der Waals surface area contributed by atoms with Gasteiger partial charge in [-0.3, -0.25) is 9.59 Å². The summed E-state index contributed by atoms with van der Waals surface area (Å²) in [5.41, 5.74) is 0.317. The average Bonchev–Trinajstić information content (AvgIpc) is 3.07. The van der Waals surface area contributed by atoms with Gasteiger partial charge in [0, 0.05) is 32.7 Å². The van der Waals surface area contributed by atoms with Crippen LogP contribution in [0.4, 0.5) is 0 Å². The van der Waals surface area contributed by atoms with E-state index in [1.54, 1.807) is 14.1 Å². The third-order valence-electron chi connectivity index (χ3n) is 3.72. The molecule has 0 unspecified atom stereocenters. The maximum Gasteiger partial charge on any atom is 0.251 e. The first-order valence-electron chi connectivity index (χ1n) is 7.41. The summed E-state index contributed by atoms with van der Waals surface area (Å²) >= 11 is 0. The first-order chi connectivity index (χ1) is 10.8. The number of carbonyl (C=O) groups is 2. The molecule has 0 aliphatic carbocycles.